The van der Waals surface area contributed by atoms with Crippen molar-refractivity contribution in [1.29, 1.82) is 0 Å². The van der Waals surface area contributed by atoms with Crippen molar-refractivity contribution in [3.05, 3.63) is 18.0 Å². The first kappa shape index (κ1) is 15.2. The van der Waals surface area contributed by atoms with E-state index in [1.807, 2.05) is 0 Å². The first-order valence-electron chi connectivity index (χ1n) is 6.17. The van der Waals surface area contributed by atoms with Gasteiger partial charge in [-0.3, -0.25) is 14.3 Å². The molecule has 0 fully saturated rings. The number of aromatic nitrogens is 2. The van der Waals surface area contributed by atoms with Crippen molar-refractivity contribution in [2.75, 3.05) is 20.2 Å². The van der Waals surface area contributed by atoms with Gasteiger partial charge in [0.2, 0.25) is 5.91 Å². The van der Waals surface area contributed by atoms with Crippen molar-refractivity contribution in [2.24, 2.45) is 7.05 Å². The minimum atomic E-state index is -0.476. The summed E-state index contributed by atoms with van der Waals surface area (Å²) in [7, 11) is 3.48. The van der Waals surface area contributed by atoms with Gasteiger partial charge >= 0.3 is 5.97 Å². The van der Waals surface area contributed by atoms with E-state index < -0.39 is 6.04 Å². The quantitative estimate of drug-likeness (QED) is 0.666. The lowest BCUT2D eigenvalue weighted by atomic mass is 10.1. The van der Waals surface area contributed by atoms with E-state index in [1.165, 1.54) is 0 Å². The molecule has 0 aliphatic carbocycles. The molecule has 19 heavy (non-hydrogen) atoms. The van der Waals surface area contributed by atoms with Crippen LogP contribution in [-0.4, -0.2) is 41.9 Å². The first-order valence-corrected chi connectivity index (χ1v) is 6.17. The number of esters is 1. The minimum absolute atomic E-state index is 0.170. The molecule has 0 aliphatic rings. The van der Waals surface area contributed by atoms with Gasteiger partial charge in [-0.25, -0.2) is 0 Å². The van der Waals surface area contributed by atoms with Crippen molar-refractivity contribution in [3.8, 4) is 0 Å². The zero-order valence-corrected chi connectivity index (χ0v) is 11.5. The predicted molar refractivity (Wildman–Crippen MR) is 69.3 cm³/mol. The molecule has 1 aromatic heterocycles. The molecule has 1 unspecified atom stereocenters. The van der Waals surface area contributed by atoms with Gasteiger partial charge < -0.3 is 15.4 Å². The number of carbonyl (C=O) groups is 2. The number of hydrogen-bond acceptors (Lipinski definition) is 5. The van der Waals surface area contributed by atoms with Gasteiger partial charge in [0, 0.05) is 25.4 Å². The SMILES string of the molecule is CCOC(=O)CCNC(=O)C(NC)c1cnn(C)c1. The summed E-state index contributed by atoms with van der Waals surface area (Å²) >= 11 is 0. The van der Waals surface area contributed by atoms with E-state index in [-0.39, 0.29) is 24.8 Å². The van der Waals surface area contributed by atoms with Crippen LogP contribution in [0.4, 0.5) is 0 Å². The van der Waals surface area contributed by atoms with Gasteiger partial charge in [0.15, 0.2) is 0 Å². The zero-order valence-electron chi connectivity index (χ0n) is 11.5. The maximum absolute atomic E-state index is 12.0. The van der Waals surface area contributed by atoms with Crippen LogP contribution in [-0.2, 0) is 21.4 Å². The van der Waals surface area contributed by atoms with Crippen LogP contribution in [0.5, 0.6) is 0 Å². The molecule has 1 amide bonds. The molecule has 1 atom stereocenters. The van der Waals surface area contributed by atoms with Gasteiger partial charge in [0.1, 0.15) is 6.04 Å². The number of nitrogens with one attached hydrogen (secondary N) is 2. The van der Waals surface area contributed by atoms with E-state index in [2.05, 4.69) is 15.7 Å². The van der Waals surface area contributed by atoms with Crippen LogP contribution < -0.4 is 10.6 Å². The van der Waals surface area contributed by atoms with Crippen LogP contribution in [0.3, 0.4) is 0 Å². The summed E-state index contributed by atoms with van der Waals surface area (Å²) < 4.78 is 6.41. The van der Waals surface area contributed by atoms with Crippen LogP contribution in [0, 0.1) is 0 Å². The fraction of sp³-hybridized carbons (Fsp3) is 0.583. The topological polar surface area (TPSA) is 85.2 Å². The summed E-state index contributed by atoms with van der Waals surface area (Å²) in [4.78, 5) is 23.1. The predicted octanol–water partition coefficient (Wildman–Crippen LogP) is -0.250. The van der Waals surface area contributed by atoms with E-state index in [0.29, 0.717) is 6.61 Å². The average Bonchev–Trinajstić information content (AvgIpc) is 2.77. The number of rotatable bonds is 7. The molecule has 1 heterocycles. The molecule has 106 valence electrons. The summed E-state index contributed by atoms with van der Waals surface area (Å²) in [6, 6.07) is -0.476. The zero-order chi connectivity index (χ0) is 14.3. The number of likely N-dealkylation sites (N-methyl/N-ethyl adjacent to an activating group) is 1. The van der Waals surface area contributed by atoms with E-state index in [0.717, 1.165) is 5.56 Å². The molecule has 0 saturated carbocycles. The van der Waals surface area contributed by atoms with Gasteiger partial charge in [-0.05, 0) is 14.0 Å². The van der Waals surface area contributed by atoms with Crippen LogP contribution in [0.25, 0.3) is 0 Å². The first-order chi connectivity index (χ1) is 9.08. The Morgan fingerprint density at radius 3 is 2.79 bits per heavy atom. The normalized spacial score (nSPS) is 11.9. The Balaban J connectivity index is 2.45. The van der Waals surface area contributed by atoms with Gasteiger partial charge in [-0.2, -0.15) is 5.10 Å². The summed E-state index contributed by atoms with van der Waals surface area (Å²) in [5.74, 6) is -0.509. The largest absolute Gasteiger partial charge is 0.466 e. The number of aryl methyl sites for hydroxylation is 1. The molecule has 7 heteroatoms. The Kier molecular flexibility index (Phi) is 6.01. The number of nitrogens with zero attached hydrogens (tertiary/aromatic N) is 2. The Hall–Kier alpha value is -1.89. The maximum atomic E-state index is 12.0. The summed E-state index contributed by atoms with van der Waals surface area (Å²) in [5, 5.41) is 9.63. The maximum Gasteiger partial charge on any atom is 0.307 e. The summed E-state index contributed by atoms with van der Waals surface area (Å²) in [5.41, 5.74) is 0.777. The number of carbonyl (C=O) groups excluding carboxylic acids is 2. The molecule has 0 spiro atoms. The Morgan fingerprint density at radius 1 is 1.53 bits per heavy atom. The number of ether oxygens (including phenoxy) is 1. The molecule has 0 bridgehead atoms. The monoisotopic (exact) mass is 268 g/mol. The molecule has 0 saturated heterocycles. The standard InChI is InChI=1S/C12H20N4O3/c1-4-19-10(17)5-6-14-12(18)11(13-2)9-7-15-16(3)8-9/h7-8,11,13H,4-6H2,1-3H3,(H,14,18). The van der Waals surface area contributed by atoms with Crippen LogP contribution in [0.1, 0.15) is 24.9 Å². The van der Waals surface area contributed by atoms with Crippen molar-refractivity contribution in [1.82, 2.24) is 20.4 Å². The molecule has 0 aromatic carbocycles. The summed E-state index contributed by atoms with van der Waals surface area (Å²) in [6.07, 6.45) is 3.57. The second-order valence-electron chi connectivity index (χ2n) is 4.02. The highest BCUT2D eigenvalue weighted by molar-refractivity contribution is 5.83. The van der Waals surface area contributed by atoms with Gasteiger partial charge in [-0.15, -0.1) is 0 Å². The third-order valence-electron chi connectivity index (χ3n) is 2.54. The molecule has 2 N–H and O–H groups in total. The van der Waals surface area contributed by atoms with E-state index in [4.69, 9.17) is 4.74 Å². The third-order valence-corrected chi connectivity index (χ3v) is 2.54. The lowest BCUT2D eigenvalue weighted by Gasteiger charge is -2.14. The third kappa shape index (κ3) is 4.70. The second-order valence-corrected chi connectivity index (χ2v) is 4.02. The van der Waals surface area contributed by atoms with Crippen molar-refractivity contribution >= 4 is 11.9 Å². The van der Waals surface area contributed by atoms with Crippen LogP contribution >= 0.6 is 0 Å². The fourth-order valence-corrected chi connectivity index (χ4v) is 1.66. The Morgan fingerprint density at radius 2 is 2.26 bits per heavy atom. The highest BCUT2D eigenvalue weighted by Gasteiger charge is 2.19. The molecule has 0 radical (unpaired) electrons. The van der Waals surface area contributed by atoms with Crippen molar-refractivity contribution in [2.45, 2.75) is 19.4 Å². The highest BCUT2D eigenvalue weighted by Crippen LogP contribution is 2.10. The number of amides is 1. The fourth-order valence-electron chi connectivity index (χ4n) is 1.66. The lowest BCUT2D eigenvalue weighted by molar-refractivity contribution is -0.143. The van der Waals surface area contributed by atoms with Gasteiger partial charge in [0.25, 0.3) is 0 Å². The van der Waals surface area contributed by atoms with Gasteiger partial charge in [0.05, 0.1) is 19.2 Å². The van der Waals surface area contributed by atoms with E-state index >= 15 is 0 Å². The molecular formula is C12H20N4O3. The Bertz CT molecular complexity index is 430. The second kappa shape index (κ2) is 7.52. The average molecular weight is 268 g/mol. The molecule has 1 aromatic rings. The van der Waals surface area contributed by atoms with E-state index in [1.54, 1.807) is 38.1 Å². The lowest BCUT2D eigenvalue weighted by Crippen LogP contribution is -2.37. The molecule has 7 nitrogen and oxygen atoms in total. The van der Waals surface area contributed by atoms with E-state index in [9.17, 15) is 9.59 Å². The van der Waals surface area contributed by atoms with Crippen molar-refractivity contribution < 1.29 is 14.3 Å². The minimum Gasteiger partial charge on any atom is -0.466 e. The number of hydrogen-bond donors (Lipinski definition) is 2. The van der Waals surface area contributed by atoms with Crippen molar-refractivity contribution in [3.63, 3.8) is 0 Å². The molecular weight excluding hydrogens is 248 g/mol. The molecule has 0 aliphatic heterocycles. The van der Waals surface area contributed by atoms with Gasteiger partial charge in [-0.1, -0.05) is 0 Å². The highest BCUT2D eigenvalue weighted by atomic mass is 16.5. The molecule has 1 rings (SSSR count). The Labute approximate surface area is 112 Å². The van der Waals surface area contributed by atoms with Crippen LogP contribution in [0.2, 0.25) is 0 Å². The van der Waals surface area contributed by atoms with Crippen LogP contribution in [0.15, 0.2) is 12.4 Å². The summed E-state index contributed by atoms with van der Waals surface area (Å²) in [6.45, 7) is 2.35. The smallest absolute Gasteiger partial charge is 0.307 e.